The van der Waals surface area contributed by atoms with Gasteiger partial charge in [-0.15, -0.1) is 11.3 Å². The molecule has 3 nitrogen and oxygen atoms in total. The van der Waals surface area contributed by atoms with Crippen LogP contribution in [0.5, 0.6) is 5.75 Å². The number of thiophene rings is 1. The van der Waals surface area contributed by atoms with Gasteiger partial charge in [0.1, 0.15) is 5.75 Å². The van der Waals surface area contributed by atoms with Crippen LogP contribution in [0.1, 0.15) is 33.3 Å². The van der Waals surface area contributed by atoms with Crippen LogP contribution >= 0.6 is 11.3 Å². The van der Waals surface area contributed by atoms with Crippen LogP contribution in [0, 0.1) is 13.8 Å². The molecular weight excluding hydrogens is 356 g/mol. The van der Waals surface area contributed by atoms with E-state index in [4.69, 9.17) is 4.74 Å². The third-order valence-electron chi connectivity index (χ3n) is 4.18. The van der Waals surface area contributed by atoms with Gasteiger partial charge < -0.3 is 4.74 Å². The summed E-state index contributed by atoms with van der Waals surface area (Å²) in [5, 5.41) is 0. The minimum atomic E-state index is -0.473. The molecule has 27 heavy (non-hydrogen) atoms. The van der Waals surface area contributed by atoms with Gasteiger partial charge in [0.25, 0.3) is 0 Å². The van der Waals surface area contributed by atoms with Gasteiger partial charge in [-0.2, -0.15) is 0 Å². The largest absolute Gasteiger partial charge is 0.423 e. The fourth-order valence-electron chi connectivity index (χ4n) is 2.88. The molecule has 0 aliphatic heterocycles. The minimum Gasteiger partial charge on any atom is -0.423 e. The van der Waals surface area contributed by atoms with Gasteiger partial charge in [-0.3, -0.25) is 4.79 Å². The molecule has 1 heterocycles. The topological polar surface area (TPSA) is 43.4 Å². The van der Waals surface area contributed by atoms with Crippen molar-refractivity contribution in [3.05, 3.63) is 88.3 Å². The summed E-state index contributed by atoms with van der Waals surface area (Å²) < 4.78 is 5.29. The zero-order valence-electron chi connectivity index (χ0n) is 15.5. The Balaban J connectivity index is 1.90. The van der Waals surface area contributed by atoms with Crippen LogP contribution in [0.25, 0.3) is 10.4 Å². The Labute approximate surface area is 162 Å². The first-order valence-electron chi connectivity index (χ1n) is 8.55. The highest BCUT2D eigenvalue weighted by Crippen LogP contribution is 2.31. The number of carbonyl (C=O) groups excluding carboxylic acids is 2. The van der Waals surface area contributed by atoms with Crippen LogP contribution in [0.3, 0.4) is 0 Å². The van der Waals surface area contributed by atoms with E-state index < -0.39 is 5.97 Å². The van der Waals surface area contributed by atoms with Crippen LogP contribution in [0.15, 0.2) is 66.7 Å². The van der Waals surface area contributed by atoms with Crippen LogP contribution in [0.4, 0.5) is 0 Å². The van der Waals surface area contributed by atoms with Crippen molar-refractivity contribution in [1.82, 2.24) is 0 Å². The van der Waals surface area contributed by atoms with Gasteiger partial charge in [-0.05, 0) is 61.7 Å². The number of hydrogen-bond acceptors (Lipinski definition) is 4. The summed E-state index contributed by atoms with van der Waals surface area (Å²) in [6.07, 6.45) is 0. The highest BCUT2D eigenvalue weighted by atomic mass is 32.1. The Bertz CT molecular complexity index is 1010. The van der Waals surface area contributed by atoms with Gasteiger partial charge in [0.15, 0.2) is 0 Å². The maximum absolute atomic E-state index is 13.1. The molecule has 0 N–H and O–H groups in total. The molecule has 3 aromatic rings. The Morgan fingerprint density at radius 3 is 2.19 bits per heavy atom. The Kier molecular flexibility index (Phi) is 5.38. The zero-order valence-corrected chi connectivity index (χ0v) is 16.4. The summed E-state index contributed by atoms with van der Waals surface area (Å²) in [5.74, 6) is -0.0701. The summed E-state index contributed by atoms with van der Waals surface area (Å²) in [7, 11) is 0. The number of hydrogen-bond donors (Lipinski definition) is 0. The van der Waals surface area contributed by atoms with Crippen LogP contribution in [0.2, 0.25) is 0 Å². The Hall–Kier alpha value is -2.98. The highest BCUT2D eigenvalue weighted by molar-refractivity contribution is 7.17. The van der Waals surface area contributed by atoms with Crippen molar-refractivity contribution < 1.29 is 14.3 Å². The first-order chi connectivity index (χ1) is 12.9. The quantitative estimate of drug-likeness (QED) is 0.247. The van der Waals surface area contributed by atoms with Crippen LogP contribution in [-0.2, 0) is 4.79 Å². The van der Waals surface area contributed by atoms with Crippen molar-refractivity contribution in [2.24, 2.45) is 0 Å². The van der Waals surface area contributed by atoms with E-state index in [9.17, 15) is 9.59 Å². The predicted octanol–water partition coefficient (Wildman–Crippen LogP) is 5.74. The van der Waals surface area contributed by atoms with Gasteiger partial charge in [-0.25, -0.2) is 4.79 Å². The molecule has 0 radical (unpaired) electrons. The lowest BCUT2D eigenvalue weighted by molar-refractivity contribution is -0.130. The molecule has 0 unspecified atom stereocenters. The summed E-state index contributed by atoms with van der Waals surface area (Å²) >= 11 is 1.48. The lowest BCUT2D eigenvalue weighted by Gasteiger charge is -2.11. The molecule has 2 aromatic carbocycles. The van der Waals surface area contributed by atoms with Crippen molar-refractivity contribution in [1.29, 1.82) is 0 Å². The fraction of sp³-hybridized carbons (Fsp3) is 0.130. The number of aryl methyl sites for hydroxylation is 2. The molecule has 4 heteroatoms. The molecule has 3 rings (SSSR count). The third kappa shape index (κ3) is 4.07. The molecule has 0 saturated heterocycles. The molecule has 0 spiro atoms. The SMILES string of the molecule is C=C(C)C(=O)Oc1cc(C)c(C(=O)c2ccc(-c3ccccc3)s2)c(C)c1. The second-order valence-electron chi connectivity index (χ2n) is 6.46. The molecule has 0 fully saturated rings. The van der Waals surface area contributed by atoms with Crippen molar-refractivity contribution in [3.8, 4) is 16.2 Å². The molecule has 136 valence electrons. The first-order valence-corrected chi connectivity index (χ1v) is 9.37. The van der Waals surface area contributed by atoms with Crippen molar-refractivity contribution in [2.45, 2.75) is 20.8 Å². The van der Waals surface area contributed by atoms with E-state index in [-0.39, 0.29) is 5.78 Å². The maximum Gasteiger partial charge on any atom is 0.338 e. The third-order valence-corrected chi connectivity index (χ3v) is 5.31. The normalized spacial score (nSPS) is 10.5. The van der Waals surface area contributed by atoms with Gasteiger partial charge in [-0.1, -0.05) is 36.9 Å². The van der Waals surface area contributed by atoms with Gasteiger partial charge in [0.05, 0.1) is 4.88 Å². The van der Waals surface area contributed by atoms with Crippen molar-refractivity contribution >= 4 is 23.1 Å². The first kappa shape index (κ1) is 18.8. The van der Waals surface area contributed by atoms with E-state index in [0.29, 0.717) is 21.8 Å². The Morgan fingerprint density at radius 2 is 1.59 bits per heavy atom. The lowest BCUT2D eigenvalue weighted by Crippen LogP contribution is -2.10. The second kappa shape index (κ2) is 7.72. The average molecular weight is 376 g/mol. The molecule has 0 aliphatic rings. The average Bonchev–Trinajstić information content (AvgIpc) is 3.12. The number of benzene rings is 2. The number of rotatable bonds is 5. The summed E-state index contributed by atoms with van der Waals surface area (Å²) in [5.41, 5.74) is 3.62. The van der Waals surface area contributed by atoms with Crippen molar-refractivity contribution in [3.63, 3.8) is 0 Å². The Morgan fingerprint density at radius 1 is 0.963 bits per heavy atom. The van der Waals surface area contributed by atoms with E-state index in [1.807, 2.05) is 56.3 Å². The maximum atomic E-state index is 13.1. The standard InChI is InChI=1S/C23H20O3S/c1-14(2)23(25)26-18-12-15(3)21(16(4)13-18)22(24)20-11-10-19(27-20)17-8-6-5-7-9-17/h5-13H,1H2,2-4H3. The van der Waals surface area contributed by atoms with Crippen LogP contribution < -0.4 is 4.74 Å². The molecule has 1 aromatic heterocycles. The monoisotopic (exact) mass is 376 g/mol. The minimum absolute atomic E-state index is 0.0186. The number of ether oxygens (including phenoxy) is 1. The van der Waals surface area contributed by atoms with E-state index in [1.54, 1.807) is 19.1 Å². The summed E-state index contributed by atoms with van der Waals surface area (Å²) in [6.45, 7) is 8.88. The zero-order chi connectivity index (χ0) is 19.6. The molecule has 0 saturated carbocycles. The number of carbonyl (C=O) groups is 2. The van der Waals surface area contributed by atoms with Crippen LogP contribution in [-0.4, -0.2) is 11.8 Å². The molecule has 0 aliphatic carbocycles. The van der Waals surface area contributed by atoms with Gasteiger partial charge in [0, 0.05) is 16.0 Å². The van der Waals surface area contributed by atoms with Crippen molar-refractivity contribution in [2.75, 3.05) is 0 Å². The molecule has 0 amide bonds. The molecule has 0 atom stereocenters. The van der Waals surface area contributed by atoms with E-state index in [1.165, 1.54) is 11.3 Å². The smallest absolute Gasteiger partial charge is 0.338 e. The summed E-state index contributed by atoms with van der Waals surface area (Å²) in [6, 6.07) is 17.3. The summed E-state index contributed by atoms with van der Waals surface area (Å²) in [4.78, 5) is 26.5. The van der Waals surface area contributed by atoms with E-state index in [0.717, 1.165) is 21.6 Å². The fourth-order valence-corrected chi connectivity index (χ4v) is 3.83. The van der Waals surface area contributed by atoms with E-state index in [2.05, 4.69) is 6.58 Å². The number of ketones is 1. The molecular formula is C23H20O3S. The second-order valence-corrected chi connectivity index (χ2v) is 7.54. The van der Waals surface area contributed by atoms with Gasteiger partial charge in [0.2, 0.25) is 5.78 Å². The van der Waals surface area contributed by atoms with Gasteiger partial charge >= 0.3 is 5.97 Å². The highest BCUT2D eigenvalue weighted by Gasteiger charge is 2.19. The predicted molar refractivity (Wildman–Crippen MR) is 110 cm³/mol. The van der Waals surface area contributed by atoms with E-state index >= 15 is 0 Å². The molecule has 0 bridgehead atoms. The number of esters is 1. The lowest BCUT2D eigenvalue weighted by atomic mass is 9.98.